The molecule has 0 aliphatic carbocycles. The largest absolute Gasteiger partial charge is 0.382 e. The molecule has 0 amide bonds. The molecule has 1 heterocycles. The molecule has 3 heteroatoms. The van der Waals surface area contributed by atoms with Gasteiger partial charge in [0.2, 0.25) is 0 Å². The molecular formula is C9H17NO2. The molecule has 0 aromatic rings. The van der Waals surface area contributed by atoms with E-state index in [4.69, 9.17) is 4.74 Å². The number of carbonyl (C=O) groups is 1. The van der Waals surface area contributed by atoms with Crippen LogP contribution < -0.4 is 0 Å². The summed E-state index contributed by atoms with van der Waals surface area (Å²) in [5, 5.41) is 0. The lowest BCUT2D eigenvalue weighted by atomic mass is 10.4. The normalized spacial score (nSPS) is 18.9. The first-order chi connectivity index (χ1) is 5.83. The molecular weight excluding hydrogens is 154 g/mol. The van der Waals surface area contributed by atoms with Crippen molar-refractivity contribution < 1.29 is 9.53 Å². The van der Waals surface area contributed by atoms with Crippen LogP contribution in [0.1, 0.15) is 19.8 Å². The van der Waals surface area contributed by atoms with E-state index in [2.05, 4.69) is 4.90 Å². The van der Waals surface area contributed by atoms with Crippen LogP contribution in [-0.4, -0.2) is 43.5 Å². The quantitative estimate of drug-likeness (QED) is 0.570. The lowest BCUT2D eigenvalue weighted by Gasteiger charge is -2.12. The van der Waals surface area contributed by atoms with Crippen LogP contribution in [0.15, 0.2) is 0 Å². The van der Waals surface area contributed by atoms with Crippen LogP contribution in [-0.2, 0) is 9.53 Å². The van der Waals surface area contributed by atoms with Crippen LogP contribution in [0.4, 0.5) is 0 Å². The van der Waals surface area contributed by atoms with Crippen molar-refractivity contribution in [1.29, 1.82) is 0 Å². The van der Waals surface area contributed by atoms with Gasteiger partial charge in [0, 0.05) is 32.7 Å². The molecule has 0 aromatic carbocycles. The summed E-state index contributed by atoms with van der Waals surface area (Å²) in [6, 6.07) is 0. The van der Waals surface area contributed by atoms with E-state index < -0.39 is 0 Å². The molecule has 12 heavy (non-hydrogen) atoms. The van der Waals surface area contributed by atoms with Gasteiger partial charge in [-0.3, -0.25) is 9.69 Å². The fourth-order valence-corrected chi connectivity index (χ4v) is 1.42. The summed E-state index contributed by atoms with van der Waals surface area (Å²) in [4.78, 5) is 13.1. The summed E-state index contributed by atoms with van der Waals surface area (Å²) in [7, 11) is 0. The van der Waals surface area contributed by atoms with Crippen LogP contribution in [0.3, 0.4) is 0 Å². The third kappa shape index (κ3) is 3.32. The van der Waals surface area contributed by atoms with Gasteiger partial charge in [-0.05, 0) is 13.3 Å². The molecule has 1 rings (SSSR count). The Morgan fingerprint density at radius 1 is 1.58 bits per heavy atom. The molecule has 1 fully saturated rings. The molecule has 0 radical (unpaired) electrons. The number of ether oxygens (including phenoxy) is 1. The number of hydrogen-bond donors (Lipinski definition) is 0. The second-order valence-electron chi connectivity index (χ2n) is 3.12. The van der Waals surface area contributed by atoms with Gasteiger partial charge in [0.05, 0.1) is 6.54 Å². The fourth-order valence-electron chi connectivity index (χ4n) is 1.42. The van der Waals surface area contributed by atoms with E-state index in [1.807, 2.05) is 6.92 Å². The van der Waals surface area contributed by atoms with Crippen molar-refractivity contribution in [3.05, 3.63) is 0 Å². The molecule has 0 unspecified atom stereocenters. The highest BCUT2D eigenvalue weighted by molar-refractivity contribution is 5.82. The maximum absolute atomic E-state index is 10.9. The first-order valence-corrected chi connectivity index (χ1v) is 4.64. The monoisotopic (exact) mass is 171 g/mol. The summed E-state index contributed by atoms with van der Waals surface area (Å²) in [6.07, 6.45) is 1.79. The highest BCUT2D eigenvalue weighted by Gasteiger charge is 2.17. The summed E-state index contributed by atoms with van der Waals surface area (Å²) in [6.45, 7) is 6.22. The number of likely N-dealkylation sites (tertiary alicyclic amines) is 1. The Morgan fingerprint density at radius 2 is 2.42 bits per heavy atom. The van der Waals surface area contributed by atoms with E-state index in [-0.39, 0.29) is 0 Å². The Balaban J connectivity index is 1.97. The number of ketones is 1. The topological polar surface area (TPSA) is 29.5 Å². The highest BCUT2D eigenvalue weighted by atomic mass is 16.5. The zero-order valence-electron chi connectivity index (χ0n) is 7.71. The van der Waals surface area contributed by atoms with Crippen molar-refractivity contribution in [3.63, 3.8) is 0 Å². The van der Waals surface area contributed by atoms with Crippen molar-refractivity contribution in [2.75, 3.05) is 32.8 Å². The Hall–Kier alpha value is -0.410. The molecule has 0 saturated carbocycles. The van der Waals surface area contributed by atoms with Crippen LogP contribution in [0.2, 0.25) is 0 Å². The summed E-state index contributed by atoms with van der Waals surface area (Å²) < 4.78 is 5.21. The Morgan fingerprint density at radius 3 is 3.00 bits per heavy atom. The number of carbonyl (C=O) groups excluding carboxylic acids is 1. The predicted molar refractivity (Wildman–Crippen MR) is 47.2 cm³/mol. The van der Waals surface area contributed by atoms with Crippen LogP contribution in [0.5, 0.6) is 0 Å². The predicted octanol–water partition coefficient (Wildman–Crippen LogP) is 0.688. The zero-order chi connectivity index (χ0) is 8.81. The van der Waals surface area contributed by atoms with E-state index in [1.165, 1.54) is 0 Å². The molecule has 0 bridgehead atoms. The van der Waals surface area contributed by atoms with E-state index in [0.717, 1.165) is 39.1 Å². The highest BCUT2D eigenvalue weighted by Crippen LogP contribution is 2.04. The van der Waals surface area contributed by atoms with Crippen LogP contribution >= 0.6 is 0 Å². The lowest BCUT2D eigenvalue weighted by molar-refractivity contribution is -0.116. The minimum absolute atomic E-state index is 0.381. The number of rotatable bonds is 5. The van der Waals surface area contributed by atoms with Gasteiger partial charge < -0.3 is 4.74 Å². The average Bonchev–Trinajstić information content (AvgIpc) is 2.45. The van der Waals surface area contributed by atoms with Crippen LogP contribution in [0.25, 0.3) is 0 Å². The molecule has 1 aliphatic heterocycles. The van der Waals surface area contributed by atoms with E-state index in [1.54, 1.807) is 0 Å². The van der Waals surface area contributed by atoms with E-state index in [9.17, 15) is 4.79 Å². The van der Waals surface area contributed by atoms with E-state index >= 15 is 0 Å². The van der Waals surface area contributed by atoms with Crippen molar-refractivity contribution in [3.8, 4) is 0 Å². The maximum Gasteiger partial charge on any atom is 0.148 e. The molecule has 70 valence electrons. The van der Waals surface area contributed by atoms with Crippen molar-refractivity contribution in [1.82, 2.24) is 4.90 Å². The lowest BCUT2D eigenvalue weighted by Crippen LogP contribution is -2.22. The minimum Gasteiger partial charge on any atom is -0.382 e. The van der Waals surface area contributed by atoms with Gasteiger partial charge in [0.15, 0.2) is 0 Å². The number of nitrogens with zero attached hydrogens (tertiary/aromatic N) is 1. The standard InChI is InChI=1S/C9H17NO2/c1-2-12-7-3-5-10-6-4-9(11)8-10/h2-8H2,1H3. The molecule has 0 N–H and O–H groups in total. The van der Waals surface area contributed by atoms with Crippen LogP contribution in [0, 0.1) is 0 Å². The first kappa shape index (κ1) is 9.68. The Bertz CT molecular complexity index is 147. The summed E-state index contributed by atoms with van der Waals surface area (Å²) in [5.74, 6) is 0.381. The second-order valence-corrected chi connectivity index (χ2v) is 3.12. The van der Waals surface area contributed by atoms with Gasteiger partial charge in [-0.1, -0.05) is 0 Å². The van der Waals surface area contributed by atoms with Gasteiger partial charge in [-0.2, -0.15) is 0 Å². The zero-order valence-corrected chi connectivity index (χ0v) is 7.71. The van der Waals surface area contributed by atoms with Crippen molar-refractivity contribution in [2.24, 2.45) is 0 Å². The molecule has 1 saturated heterocycles. The average molecular weight is 171 g/mol. The van der Waals surface area contributed by atoms with Gasteiger partial charge in [0.1, 0.15) is 5.78 Å². The summed E-state index contributed by atoms with van der Waals surface area (Å²) >= 11 is 0. The molecule has 1 aliphatic rings. The van der Waals surface area contributed by atoms with Gasteiger partial charge in [0.25, 0.3) is 0 Å². The molecule has 3 nitrogen and oxygen atoms in total. The van der Waals surface area contributed by atoms with E-state index in [0.29, 0.717) is 12.3 Å². The number of hydrogen-bond acceptors (Lipinski definition) is 3. The van der Waals surface area contributed by atoms with Gasteiger partial charge in [-0.25, -0.2) is 0 Å². The van der Waals surface area contributed by atoms with Gasteiger partial charge in [-0.15, -0.1) is 0 Å². The fraction of sp³-hybridized carbons (Fsp3) is 0.889. The number of Topliss-reactive ketones (excluding diaryl/α,β-unsaturated/α-hetero) is 1. The van der Waals surface area contributed by atoms with Gasteiger partial charge >= 0.3 is 0 Å². The molecule has 0 spiro atoms. The van der Waals surface area contributed by atoms with Crippen molar-refractivity contribution in [2.45, 2.75) is 19.8 Å². The Labute approximate surface area is 73.7 Å². The first-order valence-electron chi connectivity index (χ1n) is 4.64. The smallest absolute Gasteiger partial charge is 0.148 e. The summed E-state index contributed by atoms with van der Waals surface area (Å²) in [5.41, 5.74) is 0. The second kappa shape index (κ2) is 5.27. The molecule has 0 atom stereocenters. The minimum atomic E-state index is 0.381. The maximum atomic E-state index is 10.9. The van der Waals surface area contributed by atoms with Crippen molar-refractivity contribution >= 4 is 5.78 Å². The molecule has 0 aromatic heterocycles. The third-order valence-corrected chi connectivity index (χ3v) is 2.07. The SMILES string of the molecule is CCOCCCN1CCC(=O)C1. The third-order valence-electron chi connectivity index (χ3n) is 2.07. The Kier molecular flexibility index (Phi) is 4.25.